The summed E-state index contributed by atoms with van der Waals surface area (Å²) in [6.45, 7) is 0. The number of halogens is 2. The largest absolute Gasteiger partial charge is 0.478 e. The molecule has 0 aliphatic rings. The van der Waals surface area contributed by atoms with Crippen molar-refractivity contribution in [3.8, 4) is 17.4 Å². The number of rotatable bonds is 5. The molecule has 0 atom stereocenters. The summed E-state index contributed by atoms with van der Waals surface area (Å²) in [6, 6.07) is 16.4. The summed E-state index contributed by atoms with van der Waals surface area (Å²) in [5.41, 5.74) is 0.969. The first-order valence-electron chi connectivity index (χ1n) is 8.19. The van der Waals surface area contributed by atoms with Crippen molar-refractivity contribution in [3.63, 3.8) is 0 Å². The first-order chi connectivity index (χ1) is 13.9. The summed E-state index contributed by atoms with van der Waals surface area (Å²) in [5.74, 6) is -0.983. The molecule has 1 heterocycles. The van der Waals surface area contributed by atoms with Crippen molar-refractivity contribution in [3.05, 3.63) is 81.0 Å². The molecule has 2 aromatic carbocycles. The summed E-state index contributed by atoms with van der Waals surface area (Å²) < 4.78 is 6.52. The molecular weight excluding hydrogens is 460 g/mol. The number of amides is 1. The van der Waals surface area contributed by atoms with Crippen molar-refractivity contribution in [2.24, 2.45) is 0 Å². The fraction of sp³-hybridized carbons (Fsp3) is 0. The maximum Gasteiger partial charge on any atom is 0.337 e. The van der Waals surface area contributed by atoms with Gasteiger partial charge < -0.3 is 14.8 Å². The Balaban J connectivity index is 1.81. The van der Waals surface area contributed by atoms with Gasteiger partial charge in [0, 0.05) is 21.8 Å². The molecule has 0 aliphatic carbocycles. The number of hydrogen-bond donors (Lipinski definition) is 2. The van der Waals surface area contributed by atoms with Crippen LogP contribution in [0.5, 0.6) is 0 Å². The van der Waals surface area contributed by atoms with Gasteiger partial charge in [-0.3, -0.25) is 4.79 Å². The Labute approximate surface area is 179 Å². The normalized spacial score (nSPS) is 11.0. The fourth-order valence-electron chi connectivity index (χ4n) is 2.45. The Bertz CT molecular complexity index is 1160. The highest BCUT2D eigenvalue weighted by molar-refractivity contribution is 9.10. The van der Waals surface area contributed by atoms with Crippen LogP contribution in [0.4, 0.5) is 5.69 Å². The van der Waals surface area contributed by atoms with Crippen LogP contribution in [0.3, 0.4) is 0 Å². The molecule has 2 N–H and O–H groups in total. The second-order valence-corrected chi connectivity index (χ2v) is 7.16. The van der Waals surface area contributed by atoms with E-state index in [9.17, 15) is 14.9 Å². The molecule has 1 aromatic heterocycles. The van der Waals surface area contributed by atoms with Crippen molar-refractivity contribution in [2.45, 2.75) is 0 Å². The van der Waals surface area contributed by atoms with Gasteiger partial charge in [0.2, 0.25) is 0 Å². The van der Waals surface area contributed by atoms with Gasteiger partial charge >= 0.3 is 5.97 Å². The topological polar surface area (TPSA) is 103 Å². The third-order valence-electron chi connectivity index (χ3n) is 3.86. The van der Waals surface area contributed by atoms with E-state index in [0.717, 1.165) is 4.47 Å². The molecule has 0 saturated heterocycles. The zero-order valence-electron chi connectivity index (χ0n) is 14.6. The second-order valence-electron chi connectivity index (χ2n) is 5.83. The number of carbonyl (C=O) groups excluding carboxylic acids is 1. The zero-order valence-corrected chi connectivity index (χ0v) is 17.0. The van der Waals surface area contributed by atoms with Crippen LogP contribution in [-0.4, -0.2) is 17.0 Å². The number of carboxylic acids is 1. The van der Waals surface area contributed by atoms with Crippen molar-refractivity contribution in [2.75, 3.05) is 5.32 Å². The van der Waals surface area contributed by atoms with E-state index in [4.69, 9.17) is 21.1 Å². The van der Waals surface area contributed by atoms with E-state index in [2.05, 4.69) is 21.2 Å². The van der Waals surface area contributed by atoms with E-state index < -0.39 is 11.9 Å². The van der Waals surface area contributed by atoms with Gasteiger partial charge in [0.15, 0.2) is 0 Å². The quantitative estimate of drug-likeness (QED) is 0.372. The molecule has 29 heavy (non-hydrogen) atoms. The number of anilines is 1. The minimum Gasteiger partial charge on any atom is -0.478 e. The predicted octanol–water partition coefficient (Wildman–Crippen LogP) is 5.61. The number of carbonyl (C=O) groups is 2. The van der Waals surface area contributed by atoms with Crippen LogP contribution in [0, 0.1) is 11.3 Å². The number of aromatic carboxylic acids is 1. The van der Waals surface area contributed by atoms with E-state index in [1.807, 2.05) is 6.07 Å². The van der Waals surface area contributed by atoms with Gasteiger partial charge in [-0.05, 0) is 48.5 Å². The molecule has 6 nitrogen and oxygen atoms in total. The molecule has 0 aliphatic heterocycles. The Kier molecular flexibility index (Phi) is 6.17. The minimum absolute atomic E-state index is 0.0153. The van der Waals surface area contributed by atoms with Crippen LogP contribution in [0.25, 0.3) is 17.4 Å². The molecule has 3 aromatic rings. The SMILES string of the molecule is N#C/C(=C/c1ccc(-c2ccc(C(=O)O)c(Cl)c2)o1)C(=O)Nc1ccc(Br)cc1. The lowest BCUT2D eigenvalue weighted by Gasteiger charge is -2.04. The van der Waals surface area contributed by atoms with E-state index in [1.165, 1.54) is 18.2 Å². The minimum atomic E-state index is -1.12. The summed E-state index contributed by atoms with van der Waals surface area (Å²) in [7, 11) is 0. The lowest BCUT2D eigenvalue weighted by atomic mass is 10.1. The van der Waals surface area contributed by atoms with Crippen LogP contribution >= 0.6 is 27.5 Å². The predicted molar refractivity (Wildman–Crippen MR) is 112 cm³/mol. The Morgan fingerprint density at radius 1 is 1.14 bits per heavy atom. The molecule has 0 bridgehead atoms. The van der Waals surface area contributed by atoms with Crippen molar-refractivity contribution >= 4 is 51.2 Å². The van der Waals surface area contributed by atoms with Crippen LogP contribution in [0.1, 0.15) is 16.1 Å². The maximum atomic E-state index is 12.3. The molecule has 1 amide bonds. The molecule has 0 saturated carbocycles. The summed E-state index contributed by atoms with van der Waals surface area (Å²) in [5, 5.41) is 21.1. The fourth-order valence-corrected chi connectivity index (χ4v) is 2.98. The summed E-state index contributed by atoms with van der Waals surface area (Å²) >= 11 is 9.29. The molecule has 0 fully saturated rings. The van der Waals surface area contributed by atoms with E-state index >= 15 is 0 Å². The van der Waals surface area contributed by atoms with Gasteiger partial charge in [-0.15, -0.1) is 0 Å². The number of nitriles is 1. The molecular formula is C21H12BrClN2O4. The lowest BCUT2D eigenvalue weighted by Crippen LogP contribution is -2.13. The van der Waals surface area contributed by atoms with Gasteiger partial charge in [-0.2, -0.15) is 5.26 Å². The molecule has 3 rings (SSSR count). The average molecular weight is 472 g/mol. The van der Waals surface area contributed by atoms with Crippen LogP contribution in [0.15, 0.2) is 69.1 Å². The number of nitrogens with one attached hydrogen (secondary N) is 1. The van der Waals surface area contributed by atoms with E-state index in [-0.39, 0.29) is 16.2 Å². The van der Waals surface area contributed by atoms with Crippen LogP contribution in [0.2, 0.25) is 5.02 Å². The number of benzene rings is 2. The van der Waals surface area contributed by atoms with Gasteiger partial charge in [-0.1, -0.05) is 33.6 Å². The maximum absolute atomic E-state index is 12.3. The van der Waals surface area contributed by atoms with Crippen LogP contribution < -0.4 is 5.32 Å². The highest BCUT2D eigenvalue weighted by Gasteiger charge is 2.13. The van der Waals surface area contributed by atoms with Crippen molar-refractivity contribution in [1.82, 2.24) is 0 Å². The number of carboxylic acid groups (broad SMARTS) is 1. The lowest BCUT2D eigenvalue weighted by molar-refractivity contribution is -0.112. The standard InChI is InChI=1S/C21H12BrClN2O4/c22-14-2-4-15(5-3-14)25-20(26)13(11-24)9-16-6-8-19(29-16)12-1-7-17(21(27)28)18(23)10-12/h1-10H,(H,25,26)(H,27,28)/b13-9-. The van der Waals surface area contributed by atoms with Crippen molar-refractivity contribution in [1.29, 1.82) is 5.26 Å². The van der Waals surface area contributed by atoms with Gasteiger partial charge in [0.25, 0.3) is 5.91 Å². The molecule has 144 valence electrons. The zero-order chi connectivity index (χ0) is 21.0. The average Bonchev–Trinajstić information content (AvgIpc) is 3.16. The highest BCUT2D eigenvalue weighted by Crippen LogP contribution is 2.28. The Morgan fingerprint density at radius 2 is 1.86 bits per heavy atom. The second kappa shape index (κ2) is 8.78. The molecule has 0 spiro atoms. The third kappa shape index (κ3) is 4.93. The molecule has 8 heteroatoms. The molecule has 0 radical (unpaired) electrons. The first kappa shape index (κ1) is 20.4. The number of nitrogens with zero attached hydrogens (tertiary/aromatic N) is 1. The van der Waals surface area contributed by atoms with Gasteiger partial charge in [-0.25, -0.2) is 4.79 Å². The highest BCUT2D eigenvalue weighted by atomic mass is 79.9. The smallest absolute Gasteiger partial charge is 0.337 e. The third-order valence-corrected chi connectivity index (χ3v) is 4.71. The Morgan fingerprint density at radius 3 is 2.48 bits per heavy atom. The van der Waals surface area contributed by atoms with Crippen LogP contribution in [-0.2, 0) is 4.79 Å². The van der Waals surface area contributed by atoms with Gasteiger partial charge in [0.05, 0.1) is 10.6 Å². The summed E-state index contributed by atoms with van der Waals surface area (Å²) in [4.78, 5) is 23.4. The van der Waals surface area contributed by atoms with E-state index in [0.29, 0.717) is 22.8 Å². The number of furan rings is 1. The monoisotopic (exact) mass is 470 g/mol. The number of hydrogen-bond acceptors (Lipinski definition) is 4. The first-order valence-corrected chi connectivity index (χ1v) is 9.36. The van der Waals surface area contributed by atoms with E-state index in [1.54, 1.807) is 42.5 Å². The van der Waals surface area contributed by atoms with Crippen molar-refractivity contribution < 1.29 is 19.1 Å². The molecule has 0 unspecified atom stereocenters. The summed E-state index contributed by atoms with van der Waals surface area (Å²) in [6.07, 6.45) is 1.32. The van der Waals surface area contributed by atoms with Gasteiger partial charge in [0.1, 0.15) is 23.2 Å². The Hall–Kier alpha value is -3.34.